The maximum atomic E-state index is 13.3. The largest absolute Gasteiger partial charge is 0.370 e. The minimum atomic E-state index is -0.490. The number of rotatable bonds is 7. The molecule has 0 spiro atoms. The minimum Gasteiger partial charge on any atom is -0.370 e. The second-order valence-corrected chi connectivity index (χ2v) is 6.71. The molecule has 3 rings (SSSR count). The number of primary amides is 1. The summed E-state index contributed by atoms with van der Waals surface area (Å²) in [5.74, 6) is -1.04. The molecule has 0 bridgehead atoms. The van der Waals surface area contributed by atoms with E-state index < -0.39 is 5.91 Å². The molecule has 156 valence electrons. The molecule has 0 saturated carbocycles. The summed E-state index contributed by atoms with van der Waals surface area (Å²) >= 11 is 0. The number of nitrogens with two attached hydrogens (primary N) is 1. The van der Waals surface area contributed by atoms with Crippen LogP contribution in [0.25, 0.3) is 0 Å². The number of hydrogen-bond acceptors (Lipinski definition) is 5. The molecule has 0 radical (unpaired) electrons. The van der Waals surface area contributed by atoms with Crippen LogP contribution in [0.3, 0.4) is 0 Å². The van der Waals surface area contributed by atoms with Crippen LogP contribution in [0.5, 0.6) is 0 Å². The summed E-state index contributed by atoms with van der Waals surface area (Å²) in [6.07, 6.45) is 3.56. The normalized spacial score (nSPS) is 16.7. The van der Waals surface area contributed by atoms with Crippen molar-refractivity contribution >= 4 is 29.9 Å². The molecular weight excluding hydrogens is 397 g/mol. The summed E-state index contributed by atoms with van der Waals surface area (Å²) < 4.78 is 13.3. The molecule has 1 fully saturated rings. The zero-order valence-electron chi connectivity index (χ0n) is 16.0. The van der Waals surface area contributed by atoms with Gasteiger partial charge < -0.3 is 16.0 Å². The van der Waals surface area contributed by atoms with Gasteiger partial charge in [0.1, 0.15) is 5.82 Å². The first kappa shape index (κ1) is 22.7. The number of aromatic nitrogens is 1. The van der Waals surface area contributed by atoms with Gasteiger partial charge in [-0.25, -0.2) is 4.39 Å². The van der Waals surface area contributed by atoms with Gasteiger partial charge >= 0.3 is 0 Å². The lowest BCUT2D eigenvalue weighted by molar-refractivity contribution is -0.120. The van der Waals surface area contributed by atoms with Crippen LogP contribution in [0, 0.1) is 5.82 Å². The third kappa shape index (κ3) is 6.22. The smallest absolute Gasteiger partial charge is 0.241 e. The van der Waals surface area contributed by atoms with Crippen molar-refractivity contribution in [2.75, 3.05) is 37.6 Å². The van der Waals surface area contributed by atoms with Gasteiger partial charge in [-0.2, -0.15) is 0 Å². The Hall–Kier alpha value is -2.55. The molecule has 1 aliphatic heterocycles. The monoisotopic (exact) mass is 421 g/mol. The molecule has 2 heterocycles. The van der Waals surface area contributed by atoms with E-state index >= 15 is 0 Å². The van der Waals surface area contributed by atoms with Crippen molar-refractivity contribution in [3.63, 3.8) is 0 Å². The summed E-state index contributed by atoms with van der Waals surface area (Å²) in [7, 11) is 0. The number of pyridine rings is 1. The van der Waals surface area contributed by atoms with E-state index in [0.29, 0.717) is 12.2 Å². The number of carbonyl (C=O) groups is 2. The number of amides is 2. The van der Waals surface area contributed by atoms with Gasteiger partial charge in [0.25, 0.3) is 0 Å². The molecular formula is C20H25ClFN5O2. The van der Waals surface area contributed by atoms with Crippen molar-refractivity contribution in [2.24, 2.45) is 5.73 Å². The van der Waals surface area contributed by atoms with E-state index in [0.717, 1.165) is 18.7 Å². The fourth-order valence-corrected chi connectivity index (χ4v) is 3.34. The summed E-state index contributed by atoms with van der Waals surface area (Å²) in [5, 5.41) is 3.35. The Morgan fingerprint density at radius 1 is 1.28 bits per heavy atom. The van der Waals surface area contributed by atoms with Crippen LogP contribution < -0.4 is 16.0 Å². The van der Waals surface area contributed by atoms with Gasteiger partial charge in [0.15, 0.2) is 0 Å². The fourth-order valence-electron chi connectivity index (χ4n) is 3.34. The quantitative estimate of drug-likeness (QED) is 0.706. The van der Waals surface area contributed by atoms with Crippen LogP contribution in [0.4, 0.5) is 10.1 Å². The zero-order valence-corrected chi connectivity index (χ0v) is 16.8. The lowest BCUT2D eigenvalue weighted by atomic mass is 10.1. The van der Waals surface area contributed by atoms with Crippen molar-refractivity contribution in [3.05, 3.63) is 60.2 Å². The van der Waals surface area contributed by atoms with Crippen LogP contribution in [0.2, 0.25) is 0 Å². The number of nitrogens with zero attached hydrogens (tertiary/aromatic N) is 3. The first-order chi connectivity index (χ1) is 13.5. The van der Waals surface area contributed by atoms with Gasteiger partial charge in [0.2, 0.25) is 11.8 Å². The van der Waals surface area contributed by atoms with Gasteiger partial charge in [-0.05, 0) is 35.9 Å². The number of nitrogens with one attached hydrogen (secondary N) is 1. The summed E-state index contributed by atoms with van der Waals surface area (Å²) in [6.45, 7) is 2.54. The highest BCUT2D eigenvalue weighted by Gasteiger charge is 2.28. The molecule has 3 N–H and O–H groups in total. The third-order valence-electron chi connectivity index (χ3n) is 4.78. The number of halogens is 2. The number of anilines is 1. The van der Waals surface area contributed by atoms with Gasteiger partial charge in [-0.15, -0.1) is 12.4 Å². The second-order valence-electron chi connectivity index (χ2n) is 6.71. The van der Waals surface area contributed by atoms with Gasteiger partial charge in [-0.3, -0.25) is 19.5 Å². The van der Waals surface area contributed by atoms with E-state index in [1.165, 1.54) is 29.2 Å². The zero-order chi connectivity index (χ0) is 19.9. The van der Waals surface area contributed by atoms with Crippen LogP contribution in [0.15, 0.2) is 48.8 Å². The molecule has 0 aliphatic carbocycles. The number of benzene rings is 1. The predicted molar refractivity (Wildman–Crippen MR) is 111 cm³/mol. The Balaban J connectivity index is 0.00000300. The number of carbonyl (C=O) groups excluding carboxylic acids is 2. The first-order valence-electron chi connectivity index (χ1n) is 9.23. The predicted octanol–water partition coefficient (Wildman–Crippen LogP) is 1.50. The SMILES string of the molecule is Cl.NC(=O)CCN(C(=O)CN1CCNCC1c1cccnc1)c1ccc(F)cc1. The molecule has 1 aromatic carbocycles. The van der Waals surface area contributed by atoms with Crippen LogP contribution in [0.1, 0.15) is 18.0 Å². The molecule has 29 heavy (non-hydrogen) atoms. The molecule has 2 amide bonds. The van der Waals surface area contributed by atoms with Crippen molar-refractivity contribution in [2.45, 2.75) is 12.5 Å². The van der Waals surface area contributed by atoms with Gasteiger partial charge in [0, 0.05) is 56.7 Å². The van der Waals surface area contributed by atoms with Gasteiger partial charge in [-0.1, -0.05) is 6.07 Å². The van der Waals surface area contributed by atoms with E-state index in [-0.39, 0.29) is 49.7 Å². The maximum absolute atomic E-state index is 13.3. The van der Waals surface area contributed by atoms with Crippen molar-refractivity contribution < 1.29 is 14.0 Å². The fraction of sp³-hybridized carbons (Fsp3) is 0.350. The van der Waals surface area contributed by atoms with Crippen LogP contribution >= 0.6 is 12.4 Å². The van der Waals surface area contributed by atoms with Crippen LogP contribution in [-0.2, 0) is 9.59 Å². The molecule has 1 unspecified atom stereocenters. The lowest BCUT2D eigenvalue weighted by Gasteiger charge is -2.37. The lowest BCUT2D eigenvalue weighted by Crippen LogP contribution is -2.50. The average Bonchev–Trinajstić information content (AvgIpc) is 2.70. The first-order valence-corrected chi connectivity index (χ1v) is 9.23. The molecule has 9 heteroatoms. The van der Waals surface area contributed by atoms with E-state index in [9.17, 15) is 14.0 Å². The van der Waals surface area contributed by atoms with E-state index in [1.54, 1.807) is 12.4 Å². The Labute approximate surface area is 175 Å². The summed E-state index contributed by atoms with van der Waals surface area (Å²) in [5.41, 5.74) is 6.84. The van der Waals surface area contributed by atoms with E-state index in [2.05, 4.69) is 15.2 Å². The molecule has 1 aromatic heterocycles. The maximum Gasteiger partial charge on any atom is 0.241 e. The third-order valence-corrected chi connectivity index (χ3v) is 4.78. The van der Waals surface area contributed by atoms with E-state index in [4.69, 9.17) is 5.73 Å². The Bertz CT molecular complexity index is 806. The standard InChI is InChI=1S/C20H24FN5O2.ClH/c21-16-3-5-17(6-4-16)26(10-7-19(22)27)20(28)14-25-11-9-24-13-18(25)15-2-1-8-23-12-15;/h1-6,8,12,18,24H,7,9-11,13-14H2,(H2,22,27);1H. The molecule has 2 aromatic rings. The van der Waals surface area contributed by atoms with Crippen molar-refractivity contribution in [1.29, 1.82) is 0 Å². The summed E-state index contributed by atoms with van der Waals surface area (Å²) in [6, 6.07) is 9.55. The van der Waals surface area contributed by atoms with Gasteiger partial charge in [0.05, 0.1) is 6.54 Å². The Kier molecular flexibility index (Phi) is 8.50. The molecule has 1 saturated heterocycles. The van der Waals surface area contributed by atoms with Crippen molar-refractivity contribution in [1.82, 2.24) is 15.2 Å². The number of hydrogen-bond donors (Lipinski definition) is 2. The average molecular weight is 422 g/mol. The summed E-state index contributed by atoms with van der Waals surface area (Å²) in [4.78, 5) is 32.1. The highest BCUT2D eigenvalue weighted by Crippen LogP contribution is 2.22. The minimum absolute atomic E-state index is 0. The number of piperazine rings is 1. The molecule has 7 nitrogen and oxygen atoms in total. The Morgan fingerprint density at radius 3 is 2.69 bits per heavy atom. The topological polar surface area (TPSA) is 91.6 Å². The highest BCUT2D eigenvalue weighted by molar-refractivity contribution is 5.95. The van der Waals surface area contributed by atoms with E-state index in [1.807, 2.05) is 12.1 Å². The second kappa shape index (κ2) is 10.8. The molecule has 1 atom stereocenters. The van der Waals surface area contributed by atoms with Crippen molar-refractivity contribution in [3.8, 4) is 0 Å². The van der Waals surface area contributed by atoms with Crippen LogP contribution in [-0.4, -0.2) is 54.4 Å². The molecule has 1 aliphatic rings. The highest BCUT2D eigenvalue weighted by atomic mass is 35.5. The Morgan fingerprint density at radius 2 is 2.03 bits per heavy atom.